The van der Waals surface area contributed by atoms with Gasteiger partial charge in [0.25, 0.3) is 5.91 Å². The maximum atomic E-state index is 12.9. The van der Waals surface area contributed by atoms with Crippen molar-refractivity contribution in [1.29, 1.82) is 0 Å². The molecule has 0 saturated heterocycles. The van der Waals surface area contributed by atoms with Crippen LogP contribution in [0.25, 0.3) is 10.8 Å². The summed E-state index contributed by atoms with van der Waals surface area (Å²) in [6.45, 7) is 0.585. The molecule has 2 N–H and O–H groups in total. The lowest BCUT2D eigenvalue weighted by Gasteiger charge is -2.30. The van der Waals surface area contributed by atoms with Gasteiger partial charge in [-0.15, -0.1) is 11.3 Å². The highest BCUT2D eigenvalue weighted by Crippen LogP contribution is 2.32. The van der Waals surface area contributed by atoms with Crippen molar-refractivity contribution in [1.82, 2.24) is 4.98 Å². The van der Waals surface area contributed by atoms with Gasteiger partial charge in [-0.2, -0.15) is 0 Å². The molecule has 126 valence electrons. The molecule has 4 rings (SSSR count). The van der Waals surface area contributed by atoms with Gasteiger partial charge in [-0.05, 0) is 42.7 Å². The Labute approximate surface area is 147 Å². The number of carbonyl (C=O) groups is 2. The summed E-state index contributed by atoms with van der Waals surface area (Å²) in [6, 6.07) is 8.89. The van der Waals surface area contributed by atoms with Crippen LogP contribution in [0.5, 0.6) is 0 Å². The van der Waals surface area contributed by atoms with Crippen LogP contribution in [0.3, 0.4) is 0 Å². The van der Waals surface area contributed by atoms with Crippen LogP contribution in [0.4, 0.5) is 5.69 Å². The molecule has 6 nitrogen and oxygen atoms in total. The van der Waals surface area contributed by atoms with Crippen molar-refractivity contribution in [3.8, 4) is 10.8 Å². The highest BCUT2D eigenvalue weighted by Gasteiger charge is 2.27. The van der Waals surface area contributed by atoms with E-state index in [1.165, 1.54) is 11.3 Å². The van der Waals surface area contributed by atoms with E-state index in [-0.39, 0.29) is 5.91 Å². The van der Waals surface area contributed by atoms with Crippen molar-refractivity contribution in [3.63, 3.8) is 0 Å². The van der Waals surface area contributed by atoms with Crippen LogP contribution in [0.1, 0.15) is 32.8 Å². The molecule has 0 bridgehead atoms. The van der Waals surface area contributed by atoms with Crippen LogP contribution >= 0.6 is 11.3 Å². The summed E-state index contributed by atoms with van der Waals surface area (Å²) in [6.07, 6.45) is 3.08. The fraction of sp³-hybridized carbons (Fsp3) is 0.167. The van der Waals surface area contributed by atoms with Gasteiger partial charge < -0.3 is 15.1 Å². The van der Waals surface area contributed by atoms with E-state index in [2.05, 4.69) is 4.98 Å². The number of aromatic nitrogens is 1. The van der Waals surface area contributed by atoms with Crippen LogP contribution in [0.2, 0.25) is 0 Å². The molecule has 0 radical (unpaired) electrons. The molecule has 2 amide bonds. The standard InChI is InChI=1S/C18H15N3O3S/c19-16(22)12-4-1-6-14-11(12)5-2-8-21(14)18(23)13-10-25-17(20-13)15-7-3-9-24-15/h1,3-4,6-7,9-10H,2,5,8H2,(H2,19,22). The number of primary amides is 1. The Kier molecular flexibility index (Phi) is 3.85. The molecule has 7 heteroatoms. The number of rotatable bonds is 3. The van der Waals surface area contributed by atoms with E-state index in [1.807, 2.05) is 12.1 Å². The van der Waals surface area contributed by atoms with Gasteiger partial charge in [-0.3, -0.25) is 9.59 Å². The van der Waals surface area contributed by atoms with Gasteiger partial charge >= 0.3 is 0 Å². The highest BCUT2D eigenvalue weighted by atomic mass is 32.1. The molecule has 1 aliphatic heterocycles. The summed E-state index contributed by atoms with van der Waals surface area (Å²) in [5, 5.41) is 2.39. The fourth-order valence-electron chi connectivity index (χ4n) is 3.09. The lowest BCUT2D eigenvalue weighted by Crippen LogP contribution is -2.36. The number of amides is 2. The number of thiazole rings is 1. The topological polar surface area (TPSA) is 89.4 Å². The Balaban J connectivity index is 1.69. The lowest BCUT2D eigenvalue weighted by molar-refractivity contribution is 0.0974. The second-order valence-corrected chi connectivity index (χ2v) is 6.60. The number of nitrogens with two attached hydrogens (primary N) is 1. The lowest BCUT2D eigenvalue weighted by atomic mass is 9.95. The zero-order chi connectivity index (χ0) is 17.4. The SMILES string of the molecule is NC(=O)c1cccc2c1CCCN2C(=O)c1csc(-c2ccco2)n1. The van der Waals surface area contributed by atoms with E-state index in [0.29, 0.717) is 28.6 Å². The third kappa shape index (κ3) is 2.72. The normalized spacial score (nSPS) is 13.5. The predicted molar refractivity (Wildman–Crippen MR) is 94.8 cm³/mol. The van der Waals surface area contributed by atoms with Gasteiger partial charge in [0.2, 0.25) is 5.91 Å². The van der Waals surface area contributed by atoms with Crippen LogP contribution in [0, 0.1) is 0 Å². The first-order chi connectivity index (χ1) is 12.1. The van der Waals surface area contributed by atoms with E-state index >= 15 is 0 Å². The third-order valence-corrected chi connectivity index (χ3v) is 5.07. The second-order valence-electron chi connectivity index (χ2n) is 5.74. The van der Waals surface area contributed by atoms with Crippen molar-refractivity contribution < 1.29 is 14.0 Å². The first-order valence-electron chi connectivity index (χ1n) is 7.88. The van der Waals surface area contributed by atoms with Gasteiger partial charge in [0.1, 0.15) is 5.69 Å². The maximum Gasteiger partial charge on any atom is 0.277 e. The predicted octanol–water partition coefficient (Wildman–Crippen LogP) is 3.10. The monoisotopic (exact) mass is 353 g/mol. The van der Waals surface area contributed by atoms with Crippen molar-refractivity contribution in [2.45, 2.75) is 12.8 Å². The van der Waals surface area contributed by atoms with Crippen molar-refractivity contribution in [2.75, 3.05) is 11.4 Å². The summed E-state index contributed by atoms with van der Waals surface area (Å²) >= 11 is 1.36. The van der Waals surface area contributed by atoms with E-state index < -0.39 is 5.91 Å². The van der Waals surface area contributed by atoms with E-state index in [0.717, 1.165) is 24.1 Å². The second kappa shape index (κ2) is 6.18. The minimum absolute atomic E-state index is 0.184. The molecule has 0 saturated carbocycles. The maximum absolute atomic E-state index is 12.9. The Morgan fingerprint density at radius 3 is 2.88 bits per heavy atom. The average molecular weight is 353 g/mol. The summed E-state index contributed by atoms with van der Waals surface area (Å²) in [7, 11) is 0. The number of fused-ring (bicyclic) bond motifs is 1. The number of furan rings is 1. The van der Waals surface area contributed by atoms with Crippen molar-refractivity contribution >= 4 is 28.8 Å². The Hall–Kier alpha value is -2.93. The molecular formula is C18H15N3O3S. The first-order valence-corrected chi connectivity index (χ1v) is 8.76. The quantitative estimate of drug-likeness (QED) is 0.783. The molecule has 1 aliphatic rings. The highest BCUT2D eigenvalue weighted by molar-refractivity contribution is 7.13. The smallest absolute Gasteiger partial charge is 0.277 e. The fourth-order valence-corrected chi connectivity index (χ4v) is 3.85. The number of benzene rings is 1. The molecular weight excluding hydrogens is 338 g/mol. The number of anilines is 1. The minimum Gasteiger partial charge on any atom is -0.462 e. The summed E-state index contributed by atoms with van der Waals surface area (Å²) in [5.74, 6) is -0.0179. The summed E-state index contributed by atoms with van der Waals surface area (Å²) < 4.78 is 5.33. The molecule has 3 heterocycles. The third-order valence-electron chi connectivity index (χ3n) is 4.22. The van der Waals surface area contributed by atoms with Crippen LogP contribution in [-0.4, -0.2) is 23.3 Å². The molecule has 2 aromatic heterocycles. The van der Waals surface area contributed by atoms with E-state index in [9.17, 15) is 9.59 Å². The molecule has 0 spiro atoms. The van der Waals surface area contributed by atoms with Gasteiger partial charge in [-0.25, -0.2) is 4.98 Å². The number of hydrogen-bond acceptors (Lipinski definition) is 5. The zero-order valence-corrected chi connectivity index (χ0v) is 14.1. The number of hydrogen-bond donors (Lipinski definition) is 1. The zero-order valence-electron chi connectivity index (χ0n) is 13.3. The van der Waals surface area contributed by atoms with Crippen LogP contribution in [0.15, 0.2) is 46.4 Å². The molecule has 1 aromatic carbocycles. The van der Waals surface area contributed by atoms with Crippen LogP contribution < -0.4 is 10.6 Å². The van der Waals surface area contributed by atoms with Gasteiger partial charge in [0.15, 0.2) is 10.8 Å². The molecule has 0 aliphatic carbocycles. The van der Waals surface area contributed by atoms with Gasteiger partial charge in [0, 0.05) is 23.2 Å². The molecule has 3 aromatic rings. The molecule has 0 fully saturated rings. The van der Waals surface area contributed by atoms with Gasteiger partial charge in [0.05, 0.1) is 6.26 Å². The molecule has 0 unspecified atom stereocenters. The summed E-state index contributed by atoms with van der Waals surface area (Å²) in [5.41, 5.74) is 7.88. The van der Waals surface area contributed by atoms with Crippen LogP contribution in [-0.2, 0) is 6.42 Å². The van der Waals surface area contributed by atoms with E-state index in [1.54, 1.807) is 34.7 Å². The van der Waals surface area contributed by atoms with Crippen molar-refractivity contribution in [2.24, 2.45) is 5.73 Å². The van der Waals surface area contributed by atoms with Gasteiger partial charge in [-0.1, -0.05) is 6.07 Å². The Bertz CT molecular complexity index is 946. The minimum atomic E-state index is -0.472. The Morgan fingerprint density at radius 1 is 1.24 bits per heavy atom. The van der Waals surface area contributed by atoms with E-state index in [4.69, 9.17) is 10.2 Å². The molecule has 0 atom stereocenters. The summed E-state index contributed by atoms with van der Waals surface area (Å²) in [4.78, 5) is 30.7. The van der Waals surface area contributed by atoms with Crippen molar-refractivity contribution in [3.05, 3.63) is 58.8 Å². The largest absolute Gasteiger partial charge is 0.462 e. The first kappa shape index (κ1) is 15.6. The number of carbonyl (C=O) groups excluding carboxylic acids is 2. The number of nitrogens with zero attached hydrogens (tertiary/aromatic N) is 2. The Morgan fingerprint density at radius 2 is 2.12 bits per heavy atom. The molecule has 25 heavy (non-hydrogen) atoms. The average Bonchev–Trinajstić information content (AvgIpc) is 3.31.